The zero-order valence-electron chi connectivity index (χ0n) is 9.42. The van der Waals surface area contributed by atoms with Gasteiger partial charge in [0.2, 0.25) is 0 Å². The van der Waals surface area contributed by atoms with E-state index in [1.54, 1.807) is 4.90 Å². The molecule has 0 spiro atoms. The van der Waals surface area contributed by atoms with Crippen LogP contribution in [0.15, 0.2) is 6.20 Å². The second kappa shape index (κ2) is 4.77. The largest absolute Gasteiger partial charge is 0.363 e. The van der Waals surface area contributed by atoms with Gasteiger partial charge in [-0.2, -0.15) is 5.26 Å². The van der Waals surface area contributed by atoms with E-state index in [1.807, 2.05) is 0 Å². The summed E-state index contributed by atoms with van der Waals surface area (Å²) in [4.78, 5) is 14.2. The second-order valence-electron chi connectivity index (χ2n) is 3.88. The van der Waals surface area contributed by atoms with E-state index in [1.165, 1.54) is 13.3 Å². The minimum Gasteiger partial charge on any atom is -0.363 e. The summed E-state index contributed by atoms with van der Waals surface area (Å²) in [6.07, 6.45) is 2.55. The number of methoxy groups -OCH3 is 1. The maximum atomic E-state index is 12.0. The highest BCUT2D eigenvalue weighted by Gasteiger charge is 2.36. The summed E-state index contributed by atoms with van der Waals surface area (Å²) in [5.74, 6) is -0.0670. The molecule has 0 aliphatic carbocycles. The third-order valence-corrected chi connectivity index (χ3v) is 3.68. The Bertz CT molecular complexity index is 432. The van der Waals surface area contributed by atoms with Crippen LogP contribution >= 0.6 is 11.5 Å². The van der Waals surface area contributed by atoms with Gasteiger partial charge in [-0.25, -0.2) is 0 Å². The Morgan fingerprint density at radius 1 is 1.65 bits per heavy atom. The van der Waals surface area contributed by atoms with Gasteiger partial charge < -0.3 is 9.64 Å². The summed E-state index contributed by atoms with van der Waals surface area (Å²) in [7, 11) is 1.54. The van der Waals surface area contributed by atoms with Gasteiger partial charge >= 0.3 is 0 Å². The number of ether oxygens (including phenoxy) is 1. The molecule has 2 heterocycles. The first-order valence-electron chi connectivity index (χ1n) is 5.24. The molecule has 90 valence electrons. The van der Waals surface area contributed by atoms with E-state index in [2.05, 4.69) is 15.7 Å². The summed E-state index contributed by atoms with van der Waals surface area (Å²) in [5, 5.41) is 12.7. The fourth-order valence-electron chi connectivity index (χ4n) is 1.85. The lowest BCUT2D eigenvalue weighted by molar-refractivity contribution is -0.0104. The van der Waals surface area contributed by atoms with Crippen molar-refractivity contribution in [3.63, 3.8) is 0 Å². The van der Waals surface area contributed by atoms with Gasteiger partial charge in [-0.05, 0) is 11.5 Å². The Kier molecular flexibility index (Phi) is 3.36. The molecule has 1 saturated heterocycles. The number of hydrogen-bond acceptors (Lipinski definition) is 6. The van der Waals surface area contributed by atoms with E-state index >= 15 is 0 Å². The Morgan fingerprint density at radius 3 is 2.82 bits per heavy atom. The van der Waals surface area contributed by atoms with Gasteiger partial charge in [0, 0.05) is 33.0 Å². The van der Waals surface area contributed by atoms with Crippen LogP contribution in [0.3, 0.4) is 0 Å². The molecule has 1 amide bonds. The van der Waals surface area contributed by atoms with Crippen LogP contribution < -0.4 is 0 Å². The molecule has 0 radical (unpaired) electrons. The highest BCUT2D eigenvalue weighted by atomic mass is 32.1. The van der Waals surface area contributed by atoms with Crippen molar-refractivity contribution in [1.29, 1.82) is 5.26 Å². The lowest BCUT2D eigenvalue weighted by Gasteiger charge is -2.35. The molecular weight excluding hydrogens is 240 g/mol. The highest BCUT2D eigenvalue weighted by Crippen LogP contribution is 2.26. The predicted octanol–water partition coefficient (Wildman–Crippen LogP) is 0.683. The first-order valence-corrected chi connectivity index (χ1v) is 6.01. The number of carbonyl (C=O) groups excluding carboxylic acids is 1. The molecule has 17 heavy (non-hydrogen) atoms. The van der Waals surface area contributed by atoms with Crippen LogP contribution in [0.5, 0.6) is 0 Å². The normalized spacial score (nSPS) is 18.7. The Balaban J connectivity index is 2.01. The van der Waals surface area contributed by atoms with Crippen molar-refractivity contribution in [2.45, 2.75) is 18.4 Å². The van der Waals surface area contributed by atoms with Crippen molar-refractivity contribution < 1.29 is 9.53 Å². The van der Waals surface area contributed by atoms with Crippen molar-refractivity contribution in [2.75, 3.05) is 20.2 Å². The third kappa shape index (κ3) is 2.28. The van der Waals surface area contributed by atoms with Gasteiger partial charge in [-0.3, -0.25) is 4.79 Å². The number of hydrogen-bond donors (Lipinski definition) is 0. The Hall–Kier alpha value is -1.52. The molecule has 7 heteroatoms. The summed E-state index contributed by atoms with van der Waals surface area (Å²) in [6.45, 7) is 1.05. The van der Waals surface area contributed by atoms with Crippen LogP contribution in [0.1, 0.15) is 22.5 Å². The van der Waals surface area contributed by atoms with Crippen molar-refractivity contribution in [3.05, 3.63) is 11.1 Å². The smallest absolute Gasteiger partial charge is 0.267 e. The molecule has 1 aromatic rings. The van der Waals surface area contributed by atoms with E-state index in [0.717, 1.165) is 11.5 Å². The van der Waals surface area contributed by atoms with Crippen molar-refractivity contribution in [1.82, 2.24) is 14.5 Å². The number of nitriles is 1. The zero-order chi connectivity index (χ0) is 12.3. The molecule has 6 nitrogen and oxygen atoms in total. The topological polar surface area (TPSA) is 79.1 Å². The molecule has 0 atom stereocenters. The lowest BCUT2D eigenvalue weighted by atomic mass is 9.92. The van der Waals surface area contributed by atoms with Crippen LogP contribution in [0, 0.1) is 11.3 Å². The van der Waals surface area contributed by atoms with Gasteiger partial charge in [-0.1, -0.05) is 4.49 Å². The van der Waals surface area contributed by atoms with Gasteiger partial charge in [0.25, 0.3) is 5.91 Å². The third-order valence-electron chi connectivity index (χ3n) is 3.02. The highest BCUT2D eigenvalue weighted by molar-refractivity contribution is 7.07. The van der Waals surface area contributed by atoms with Crippen molar-refractivity contribution in [3.8, 4) is 6.07 Å². The number of carbonyl (C=O) groups is 1. The maximum Gasteiger partial charge on any atom is 0.267 e. The van der Waals surface area contributed by atoms with Gasteiger partial charge in [-0.15, -0.1) is 5.10 Å². The summed E-state index contributed by atoms with van der Waals surface area (Å²) >= 11 is 1.09. The number of rotatable bonds is 2. The molecular formula is C10H12N4O2S. The summed E-state index contributed by atoms with van der Waals surface area (Å²) in [5.41, 5.74) is -0.733. The predicted molar refractivity (Wildman–Crippen MR) is 60.4 cm³/mol. The van der Waals surface area contributed by atoms with Crippen LogP contribution in [0.25, 0.3) is 0 Å². The SMILES string of the molecule is COC1(C#N)CCN(C(=O)c2cnns2)CC1. The number of amides is 1. The molecule has 1 aliphatic heterocycles. The maximum absolute atomic E-state index is 12.0. The fourth-order valence-corrected chi connectivity index (χ4v) is 2.33. The molecule has 0 aromatic carbocycles. The zero-order valence-corrected chi connectivity index (χ0v) is 10.2. The standard InChI is InChI=1S/C10H12N4O2S/c1-16-10(7-11)2-4-14(5-3-10)9(15)8-6-12-13-17-8/h6H,2-5H2,1H3. The van der Waals surface area contributed by atoms with Gasteiger partial charge in [0.1, 0.15) is 4.88 Å². The minimum atomic E-state index is -0.733. The van der Waals surface area contributed by atoms with Crippen LogP contribution in [0.4, 0.5) is 0 Å². The van der Waals surface area contributed by atoms with Gasteiger partial charge in [0.15, 0.2) is 5.60 Å². The average Bonchev–Trinajstić information content (AvgIpc) is 2.92. The molecule has 0 bridgehead atoms. The van der Waals surface area contributed by atoms with E-state index in [0.29, 0.717) is 30.8 Å². The molecule has 0 saturated carbocycles. The fraction of sp³-hybridized carbons (Fsp3) is 0.600. The first-order chi connectivity index (χ1) is 8.21. The number of likely N-dealkylation sites (tertiary alicyclic amines) is 1. The number of piperidine rings is 1. The summed E-state index contributed by atoms with van der Waals surface area (Å²) < 4.78 is 8.89. The summed E-state index contributed by atoms with van der Waals surface area (Å²) in [6, 6.07) is 2.18. The molecule has 1 aliphatic rings. The van der Waals surface area contributed by atoms with E-state index in [4.69, 9.17) is 10.00 Å². The average molecular weight is 252 g/mol. The second-order valence-corrected chi connectivity index (χ2v) is 4.67. The Morgan fingerprint density at radius 2 is 2.35 bits per heavy atom. The number of nitrogens with zero attached hydrogens (tertiary/aromatic N) is 4. The van der Waals surface area contributed by atoms with Crippen LogP contribution in [-0.4, -0.2) is 46.2 Å². The van der Waals surface area contributed by atoms with Crippen LogP contribution in [0.2, 0.25) is 0 Å². The Labute approximate surface area is 103 Å². The molecule has 2 rings (SSSR count). The molecule has 1 aromatic heterocycles. The molecule has 0 N–H and O–H groups in total. The van der Waals surface area contributed by atoms with E-state index < -0.39 is 5.60 Å². The van der Waals surface area contributed by atoms with E-state index in [9.17, 15) is 4.79 Å². The number of aromatic nitrogens is 2. The quantitative estimate of drug-likeness (QED) is 0.773. The van der Waals surface area contributed by atoms with Crippen molar-refractivity contribution >= 4 is 17.4 Å². The lowest BCUT2D eigenvalue weighted by Crippen LogP contribution is -2.46. The minimum absolute atomic E-state index is 0.0670. The van der Waals surface area contributed by atoms with Gasteiger partial charge in [0.05, 0.1) is 12.3 Å². The van der Waals surface area contributed by atoms with Crippen molar-refractivity contribution in [2.24, 2.45) is 0 Å². The molecule has 0 unspecified atom stereocenters. The first kappa shape index (κ1) is 12.0. The molecule has 1 fully saturated rings. The van der Waals surface area contributed by atoms with Crippen LogP contribution in [-0.2, 0) is 4.74 Å². The van der Waals surface area contributed by atoms with E-state index in [-0.39, 0.29) is 5.91 Å². The monoisotopic (exact) mass is 252 g/mol.